The molecule has 0 saturated heterocycles. The first-order chi connectivity index (χ1) is 16.6. The van der Waals surface area contributed by atoms with E-state index in [1.165, 1.54) is 11.3 Å². The van der Waals surface area contributed by atoms with Crippen molar-refractivity contribution in [2.24, 2.45) is 11.1 Å². The highest BCUT2D eigenvalue weighted by molar-refractivity contribution is 7.13. The number of hydrogen-bond acceptors (Lipinski definition) is 9. The maximum absolute atomic E-state index is 13.3. The standard InChI is InChI=1S/C23H31BN4O6S/c1-14(2)10-19(24(31)32)27-22(30)23(13-33-18-8-6-5-7-9-18)11-17(28-34-23)12-25-21(29)20-15(3)26-16(4)35-20/h5-9,14,19,31-32H,10-13H2,1-4H3,(H,25,29)(H,27,30). The van der Waals surface area contributed by atoms with Gasteiger partial charge in [-0.2, -0.15) is 0 Å². The number of aromatic nitrogens is 1. The van der Waals surface area contributed by atoms with Gasteiger partial charge in [0, 0.05) is 6.42 Å². The van der Waals surface area contributed by atoms with E-state index in [1.807, 2.05) is 26.8 Å². The molecule has 2 heterocycles. The Balaban J connectivity index is 1.70. The quantitative estimate of drug-likeness (QED) is 0.342. The highest BCUT2D eigenvalue weighted by Crippen LogP contribution is 2.27. The van der Waals surface area contributed by atoms with Crippen molar-refractivity contribution < 1.29 is 29.2 Å². The Morgan fingerprint density at radius 3 is 2.57 bits per heavy atom. The van der Waals surface area contributed by atoms with Crippen molar-refractivity contribution in [2.45, 2.75) is 52.1 Å². The fraction of sp³-hybridized carbons (Fsp3) is 0.478. The number of nitrogens with one attached hydrogen (secondary N) is 2. The lowest BCUT2D eigenvalue weighted by atomic mass is 9.74. The van der Waals surface area contributed by atoms with Crippen molar-refractivity contribution in [3.8, 4) is 5.75 Å². The van der Waals surface area contributed by atoms with E-state index in [0.717, 1.165) is 5.01 Å². The monoisotopic (exact) mass is 502 g/mol. The molecular formula is C23H31BN4O6S. The first-order valence-corrected chi connectivity index (χ1v) is 12.2. The zero-order chi connectivity index (χ0) is 25.6. The van der Waals surface area contributed by atoms with Crippen molar-refractivity contribution in [3.05, 3.63) is 45.9 Å². The Morgan fingerprint density at radius 2 is 1.97 bits per heavy atom. The number of nitrogens with zero attached hydrogens (tertiary/aromatic N) is 2. The van der Waals surface area contributed by atoms with Gasteiger partial charge in [0.25, 0.3) is 17.4 Å². The normalized spacial score (nSPS) is 18.0. The summed E-state index contributed by atoms with van der Waals surface area (Å²) in [5, 5.41) is 29.9. The molecule has 2 atom stereocenters. The van der Waals surface area contributed by atoms with Gasteiger partial charge in [-0.05, 0) is 38.3 Å². The molecule has 0 saturated carbocycles. The first kappa shape index (κ1) is 26.6. The molecule has 35 heavy (non-hydrogen) atoms. The van der Waals surface area contributed by atoms with Crippen LogP contribution >= 0.6 is 11.3 Å². The number of ether oxygens (including phenoxy) is 1. The lowest BCUT2D eigenvalue weighted by Crippen LogP contribution is -2.57. The lowest BCUT2D eigenvalue weighted by molar-refractivity contribution is -0.148. The summed E-state index contributed by atoms with van der Waals surface area (Å²) in [6, 6.07) is 8.96. The molecule has 1 aromatic carbocycles. The molecule has 188 valence electrons. The number of amides is 2. The zero-order valence-corrected chi connectivity index (χ0v) is 21.1. The van der Waals surface area contributed by atoms with Crippen LogP contribution in [0.2, 0.25) is 0 Å². The third-order valence-electron chi connectivity index (χ3n) is 5.43. The molecular weight excluding hydrogens is 471 g/mol. The predicted octanol–water partition coefficient (Wildman–Crippen LogP) is 1.63. The summed E-state index contributed by atoms with van der Waals surface area (Å²) >= 11 is 1.30. The Hall–Kier alpha value is -2.96. The fourth-order valence-electron chi connectivity index (χ4n) is 3.69. The minimum Gasteiger partial charge on any atom is -0.489 e. The van der Waals surface area contributed by atoms with Gasteiger partial charge in [-0.25, -0.2) is 4.98 Å². The number of carbonyl (C=O) groups is 2. The molecule has 12 heteroatoms. The molecule has 0 radical (unpaired) electrons. The second-order valence-corrected chi connectivity index (χ2v) is 10.2. The largest absolute Gasteiger partial charge is 0.489 e. The number of hydrogen-bond donors (Lipinski definition) is 4. The molecule has 4 N–H and O–H groups in total. The van der Waals surface area contributed by atoms with Crippen LogP contribution in [0, 0.1) is 19.8 Å². The molecule has 10 nitrogen and oxygen atoms in total. The van der Waals surface area contributed by atoms with Crippen LogP contribution in [0.25, 0.3) is 0 Å². The molecule has 2 aromatic rings. The Morgan fingerprint density at radius 1 is 1.26 bits per heavy atom. The molecule has 2 unspecified atom stereocenters. The fourth-order valence-corrected chi connectivity index (χ4v) is 4.53. The molecule has 0 spiro atoms. The number of carbonyl (C=O) groups excluding carboxylic acids is 2. The number of para-hydroxylation sites is 1. The average Bonchev–Trinajstić information content (AvgIpc) is 3.39. The van der Waals surface area contributed by atoms with Gasteiger partial charge in [0.15, 0.2) is 0 Å². The van der Waals surface area contributed by atoms with E-state index >= 15 is 0 Å². The molecule has 3 rings (SSSR count). The van der Waals surface area contributed by atoms with E-state index in [4.69, 9.17) is 9.57 Å². The van der Waals surface area contributed by atoms with Gasteiger partial charge < -0.3 is 30.3 Å². The van der Waals surface area contributed by atoms with Gasteiger partial charge in [0.05, 0.1) is 28.9 Å². The predicted molar refractivity (Wildman–Crippen MR) is 133 cm³/mol. The van der Waals surface area contributed by atoms with Gasteiger partial charge in [-0.1, -0.05) is 37.2 Å². The molecule has 2 amide bonds. The van der Waals surface area contributed by atoms with Crippen molar-refractivity contribution in [3.63, 3.8) is 0 Å². The molecule has 1 aromatic heterocycles. The van der Waals surface area contributed by atoms with Crippen LogP contribution in [0.1, 0.15) is 47.1 Å². The van der Waals surface area contributed by atoms with Gasteiger partial charge in [-0.15, -0.1) is 11.3 Å². The van der Waals surface area contributed by atoms with Gasteiger partial charge in [0.1, 0.15) is 17.2 Å². The smallest absolute Gasteiger partial charge is 0.475 e. The Bertz CT molecular complexity index is 1060. The molecule has 1 aliphatic rings. The third kappa shape index (κ3) is 7.03. The minimum absolute atomic E-state index is 0.0581. The zero-order valence-electron chi connectivity index (χ0n) is 20.3. The second-order valence-electron chi connectivity index (χ2n) is 8.97. The summed E-state index contributed by atoms with van der Waals surface area (Å²) in [6.07, 6.45) is 0.416. The van der Waals surface area contributed by atoms with E-state index in [2.05, 4.69) is 20.8 Å². The van der Waals surface area contributed by atoms with Crippen LogP contribution in [-0.2, 0) is 9.63 Å². The maximum Gasteiger partial charge on any atom is 0.475 e. The highest BCUT2D eigenvalue weighted by atomic mass is 32.1. The number of aryl methyl sites for hydroxylation is 2. The summed E-state index contributed by atoms with van der Waals surface area (Å²) in [4.78, 5) is 36.3. The van der Waals surface area contributed by atoms with Crippen molar-refractivity contribution in [1.29, 1.82) is 0 Å². The van der Waals surface area contributed by atoms with Gasteiger partial charge in [0.2, 0.25) is 0 Å². The Labute approximate surface area is 208 Å². The van der Waals surface area contributed by atoms with Crippen molar-refractivity contribution in [1.82, 2.24) is 15.6 Å². The SMILES string of the molecule is Cc1nc(C)c(C(=O)NCC2=NOC(COc3ccccc3)(C(=O)NC(CC(C)C)B(O)O)C2)s1. The highest BCUT2D eigenvalue weighted by Gasteiger charge is 2.49. The van der Waals surface area contributed by atoms with Crippen LogP contribution in [0.15, 0.2) is 35.5 Å². The Kier molecular flexibility index (Phi) is 8.87. The first-order valence-electron chi connectivity index (χ1n) is 11.4. The maximum atomic E-state index is 13.3. The van der Waals surface area contributed by atoms with Crippen LogP contribution in [0.5, 0.6) is 5.75 Å². The number of benzene rings is 1. The van der Waals surface area contributed by atoms with Crippen LogP contribution in [0.4, 0.5) is 0 Å². The second kappa shape index (κ2) is 11.7. The number of rotatable bonds is 11. The molecule has 1 aliphatic heterocycles. The van der Waals surface area contributed by atoms with E-state index in [0.29, 0.717) is 28.5 Å². The van der Waals surface area contributed by atoms with Crippen molar-refractivity contribution in [2.75, 3.05) is 13.2 Å². The average molecular weight is 502 g/mol. The molecule has 0 aliphatic carbocycles. The molecule has 0 fully saturated rings. The van der Waals surface area contributed by atoms with E-state index in [-0.39, 0.29) is 31.4 Å². The lowest BCUT2D eigenvalue weighted by Gasteiger charge is -2.28. The number of thiazole rings is 1. The topological polar surface area (TPSA) is 142 Å². The van der Waals surface area contributed by atoms with Crippen LogP contribution in [-0.4, -0.2) is 64.4 Å². The third-order valence-corrected chi connectivity index (χ3v) is 6.50. The summed E-state index contributed by atoms with van der Waals surface area (Å²) in [5.74, 6) is -1.09. The summed E-state index contributed by atoms with van der Waals surface area (Å²) < 4.78 is 5.82. The van der Waals surface area contributed by atoms with E-state index in [9.17, 15) is 19.6 Å². The van der Waals surface area contributed by atoms with E-state index in [1.54, 1.807) is 31.2 Å². The van der Waals surface area contributed by atoms with E-state index < -0.39 is 24.6 Å². The summed E-state index contributed by atoms with van der Waals surface area (Å²) in [6.45, 7) is 7.35. The number of oxime groups is 1. The van der Waals surface area contributed by atoms with Gasteiger partial charge >= 0.3 is 7.12 Å². The summed E-state index contributed by atoms with van der Waals surface area (Å²) in [7, 11) is -1.74. The van der Waals surface area contributed by atoms with Crippen LogP contribution < -0.4 is 15.4 Å². The van der Waals surface area contributed by atoms with Crippen LogP contribution in [0.3, 0.4) is 0 Å². The van der Waals surface area contributed by atoms with Crippen molar-refractivity contribution >= 4 is 36.0 Å². The molecule has 0 bridgehead atoms. The summed E-state index contributed by atoms with van der Waals surface area (Å²) in [5.41, 5.74) is -0.427. The van der Waals surface area contributed by atoms with Gasteiger partial charge in [-0.3, -0.25) is 9.59 Å². The minimum atomic E-state index is -1.74.